The zero-order chi connectivity index (χ0) is 17.8. The fourth-order valence-corrected chi connectivity index (χ4v) is 3.48. The molecule has 1 unspecified atom stereocenters. The second-order valence-corrected chi connectivity index (χ2v) is 6.95. The molecule has 3 aromatic rings. The Bertz CT molecular complexity index is 827. The Morgan fingerprint density at radius 2 is 1.92 bits per heavy atom. The van der Waals surface area contributed by atoms with Gasteiger partial charge in [-0.05, 0) is 31.5 Å². The van der Waals surface area contributed by atoms with Crippen LogP contribution >= 0.6 is 0 Å². The summed E-state index contributed by atoms with van der Waals surface area (Å²) in [5, 5.41) is 3.26. The summed E-state index contributed by atoms with van der Waals surface area (Å²) in [6.07, 6.45) is 8.84. The molecule has 0 aliphatic carbocycles. The molecule has 0 amide bonds. The van der Waals surface area contributed by atoms with Crippen LogP contribution in [0.3, 0.4) is 0 Å². The predicted molar refractivity (Wildman–Crippen MR) is 103 cm³/mol. The number of nitrogens with one attached hydrogen (secondary N) is 1. The Kier molecular flexibility index (Phi) is 4.93. The Hall–Kier alpha value is -2.73. The summed E-state index contributed by atoms with van der Waals surface area (Å²) in [5.41, 5.74) is 2.16. The number of aromatic nitrogens is 4. The molecule has 1 N–H and O–H groups in total. The number of hydrogen-bond donors (Lipinski definition) is 1. The highest BCUT2D eigenvalue weighted by molar-refractivity contribution is 5.53. The molecule has 1 aromatic carbocycles. The van der Waals surface area contributed by atoms with Crippen LogP contribution in [-0.4, -0.2) is 44.6 Å². The Balaban J connectivity index is 1.41. The van der Waals surface area contributed by atoms with Gasteiger partial charge in [0.2, 0.25) is 5.95 Å². The predicted octanol–water partition coefficient (Wildman–Crippen LogP) is 2.90. The summed E-state index contributed by atoms with van der Waals surface area (Å²) in [4.78, 5) is 15.8. The molecule has 1 atom stereocenters. The van der Waals surface area contributed by atoms with E-state index in [0.717, 1.165) is 24.5 Å². The van der Waals surface area contributed by atoms with Gasteiger partial charge in [-0.15, -0.1) is 0 Å². The normalized spacial score (nSPS) is 17.5. The zero-order valence-electron chi connectivity index (χ0n) is 15.0. The number of benzene rings is 1. The molecule has 0 radical (unpaired) electrons. The van der Waals surface area contributed by atoms with Gasteiger partial charge in [0.25, 0.3) is 0 Å². The molecule has 6 nitrogen and oxygen atoms in total. The van der Waals surface area contributed by atoms with E-state index in [1.807, 2.05) is 36.8 Å². The summed E-state index contributed by atoms with van der Waals surface area (Å²) < 4.78 is 2.22. The average molecular weight is 348 g/mol. The van der Waals surface area contributed by atoms with Crippen molar-refractivity contribution in [3.05, 3.63) is 60.7 Å². The first-order chi connectivity index (χ1) is 12.8. The maximum atomic E-state index is 4.52. The van der Waals surface area contributed by atoms with Crippen molar-refractivity contribution in [1.82, 2.24) is 24.4 Å². The van der Waals surface area contributed by atoms with E-state index in [0.29, 0.717) is 18.4 Å². The highest BCUT2D eigenvalue weighted by Crippen LogP contribution is 2.21. The van der Waals surface area contributed by atoms with E-state index in [-0.39, 0.29) is 0 Å². The van der Waals surface area contributed by atoms with Crippen molar-refractivity contribution < 1.29 is 0 Å². The van der Waals surface area contributed by atoms with Crippen LogP contribution in [0, 0.1) is 5.92 Å². The van der Waals surface area contributed by atoms with Crippen LogP contribution in [0.5, 0.6) is 0 Å². The average Bonchev–Trinajstić information content (AvgIpc) is 3.30. The number of likely N-dealkylation sites (tertiary alicyclic amines) is 1. The maximum absolute atomic E-state index is 4.52. The molecule has 26 heavy (non-hydrogen) atoms. The van der Waals surface area contributed by atoms with E-state index < -0.39 is 0 Å². The van der Waals surface area contributed by atoms with Gasteiger partial charge in [0, 0.05) is 44.4 Å². The van der Waals surface area contributed by atoms with Gasteiger partial charge in [-0.2, -0.15) is 0 Å². The lowest BCUT2D eigenvalue weighted by Gasteiger charge is -2.13. The number of anilines is 1. The first-order valence-electron chi connectivity index (χ1n) is 9.08. The van der Waals surface area contributed by atoms with Crippen LogP contribution in [0.15, 0.2) is 55.1 Å². The van der Waals surface area contributed by atoms with Gasteiger partial charge < -0.3 is 14.8 Å². The zero-order valence-corrected chi connectivity index (χ0v) is 15.0. The summed E-state index contributed by atoms with van der Waals surface area (Å²) in [7, 11) is 2.18. The van der Waals surface area contributed by atoms with Crippen LogP contribution in [-0.2, 0) is 13.1 Å². The van der Waals surface area contributed by atoms with E-state index in [4.69, 9.17) is 0 Å². The minimum Gasteiger partial charge on any atom is -0.350 e. The van der Waals surface area contributed by atoms with Gasteiger partial charge >= 0.3 is 0 Å². The van der Waals surface area contributed by atoms with Gasteiger partial charge in [-0.25, -0.2) is 15.0 Å². The highest BCUT2D eigenvalue weighted by atomic mass is 15.1. The van der Waals surface area contributed by atoms with Crippen molar-refractivity contribution in [2.75, 3.05) is 25.5 Å². The van der Waals surface area contributed by atoms with Gasteiger partial charge in [-0.1, -0.05) is 30.3 Å². The lowest BCUT2D eigenvalue weighted by Crippen LogP contribution is -2.17. The van der Waals surface area contributed by atoms with Crippen LogP contribution in [0.1, 0.15) is 12.0 Å². The maximum Gasteiger partial charge on any atom is 0.222 e. The van der Waals surface area contributed by atoms with Gasteiger partial charge in [-0.3, -0.25) is 0 Å². The third kappa shape index (κ3) is 3.91. The van der Waals surface area contributed by atoms with Gasteiger partial charge in [0.1, 0.15) is 5.82 Å². The molecular formula is C20H24N6. The fourth-order valence-electron chi connectivity index (χ4n) is 3.48. The SMILES string of the molecule is CN1CCC(Cn2ccnc2-c2cnc(NCc3ccccc3)nc2)C1. The molecule has 3 heterocycles. The minimum atomic E-state index is 0.633. The monoisotopic (exact) mass is 348 g/mol. The summed E-state index contributed by atoms with van der Waals surface area (Å²) in [6, 6.07) is 10.2. The minimum absolute atomic E-state index is 0.633. The molecule has 1 aliphatic rings. The molecule has 1 saturated heterocycles. The summed E-state index contributed by atoms with van der Waals surface area (Å²) in [6.45, 7) is 4.04. The number of nitrogens with zero attached hydrogens (tertiary/aromatic N) is 5. The number of rotatable bonds is 6. The van der Waals surface area contributed by atoms with Crippen LogP contribution in [0.25, 0.3) is 11.4 Å². The van der Waals surface area contributed by atoms with E-state index in [1.54, 1.807) is 0 Å². The van der Waals surface area contributed by atoms with E-state index in [2.05, 4.69) is 55.1 Å². The van der Waals surface area contributed by atoms with Crippen LogP contribution in [0.4, 0.5) is 5.95 Å². The second kappa shape index (κ2) is 7.66. The van der Waals surface area contributed by atoms with E-state index in [1.165, 1.54) is 18.5 Å². The standard InChI is InChI=1S/C20H24N6/c1-25-9-7-17(14-25)15-26-10-8-21-19(26)18-12-23-20(24-13-18)22-11-16-5-3-2-4-6-16/h2-6,8,10,12-13,17H,7,9,11,14-15H2,1H3,(H,22,23,24). The Labute approximate surface area is 153 Å². The smallest absolute Gasteiger partial charge is 0.222 e. The topological polar surface area (TPSA) is 58.9 Å². The molecule has 0 bridgehead atoms. The van der Waals surface area contributed by atoms with Crippen LogP contribution in [0.2, 0.25) is 0 Å². The fraction of sp³-hybridized carbons (Fsp3) is 0.350. The molecule has 0 saturated carbocycles. The first-order valence-corrected chi connectivity index (χ1v) is 9.08. The first kappa shape index (κ1) is 16.7. The molecule has 4 rings (SSSR count). The van der Waals surface area contributed by atoms with Crippen LogP contribution < -0.4 is 5.32 Å². The molecular weight excluding hydrogens is 324 g/mol. The van der Waals surface area contributed by atoms with E-state index >= 15 is 0 Å². The third-order valence-electron chi connectivity index (χ3n) is 4.86. The molecule has 1 fully saturated rings. The molecule has 134 valence electrons. The highest BCUT2D eigenvalue weighted by Gasteiger charge is 2.21. The molecule has 0 spiro atoms. The van der Waals surface area contributed by atoms with Crippen molar-refractivity contribution in [2.24, 2.45) is 5.92 Å². The van der Waals surface area contributed by atoms with Gasteiger partial charge in [0.15, 0.2) is 0 Å². The summed E-state index contributed by atoms with van der Waals surface area (Å²) in [5.74, 6) is 2.25. The van der Waals surface area contributed by atoms with Crippen molar-refractivity contribution in [3.63, 3.8) is 0 Å². The number of hydrogen-bond acceptors (Lipinski definition) is 5. The van der Waals surface area contributed by atoms with Crippen molar-refractivity contribution in [1.29, 1.82) is 0 Å². The lowest BCUT2D eigenvalue weighted by molar-refractivity contribution is 0.378. The molecule has 1 aliphatic heterocycles. The van der Waals surface area contributed by atoms with E-state index in [9.17, 15) is 0 Å². The third-order valence-corrected chi connectivity index (χ3v) is 4.86. The lowest BCUT2D eigenvalue weighted by atomic mass is 10.1. The quantitative estimate of drug-likeness (QED) is 0.742. The number of imidazole rings is 1. The Morgan fingerprint density at radius 3 is 2.65 bits per heavy atom. The second-order valence-electron chi connectivity index (χ2n) is 6.95. The Morgan fingerprint density at radius 1 is 1.12 bits per heavy atom. The molecule has 6 heteroatoms. The summed E-state index contributed by atoms with van der Waals surface area (Å²) >= 11 is 0. The largest absolute Gasteiger partial charge is 0.350 e. The van der Waals surface area contributed by atoms with Gasteiger partial charge in [0.05, 0.1) is 5.56 Å². The molecule has 2 aromatic heterocycles. The van der Waals surface area contributed by atoms with Crippen molar-refractivity contribution in [3.8, 4) is 11.4 Å². The van der Waals surface area contributed by atoms with Crippen molar-refractivity contribution >= 4 is 5.95 Å². The van der Waals surface area contributed by atoms with Crippen molar-refractivity contribution in [2.45, 2.75) is 19.5 Å².